The second kappa shape index (κ2) is 7.35. The second-order valence-electron chi connectivity index (χ2n) is 10.7. The number of carbonyl (C=O) groups is 2. The molecule has 0 saturated heterocycles. The van der Waals surface area contributed by atoms with Crippen LogP contribution in [-0.2, 0) is 20.7 Å². The lowest BCUT2D eigenvalue weighted by molar-refractivity contribution is -0.159. The Morgan fingerprint density at radius 1 is 1.00 bits per heavy atom. The Labute approximate surface area is 180 Å². The Morgan fingerprint density at radius 3 is 2.60 bits per heavy atom. The summed E-state index contributed by atoms with van der Waals surface area (Å²) in [4.78, 5) is 24.7. The fourth-order valence-corrected chi connectivity index (χ4v) is 7.67. The SMILES string of the molecule is C[C@]12CC[C@H]3[C@@H](CCC4=CC(=O)CC[C@@]43C)[C@@H]1CC[C@@H]2OC(=O)Cc1ccccc1. The number of fused-ring (bicyclic) bond motifs is 5. The van der Waals surface area contributed by atoms with E-state index >= 15 is 0 Å². The first-order valence-corrected chi connectivity index (χ1v) is 11.9. The van der Waals surface area contributed by atoms with E-state index < -0.39 is 0 Å². The number of ether oxygens (including phenoxy) is 1. The van der Waals surface area contributed by atoms with Crippen molar-refractivity contribution in [2.24, 2.45) is 28.6 Å². The van der Waals surface area contributed by atoms with Gasteiger partial charge in [0.2, 0.25) is 0 Å². The monoisotopic (exact) mass is 406 g/mol. The van der Waals surface area contributed by atoms with Crippen molar-refractivity contribution in [3.63, 3.8) is 0 Å². The molecule has 0 aliphatic heterocycles. The first-order valence-electron chi connectivity index (χ1n) is 11.9. The number of rotatable bonds is 3. The quantitative estimate of drug-likeness (QED) is 0.607. The lowest BCUT2D eigenvalue weighted by Crippen LogP contribution is -2.51. The third kappa shape index (κ3) is 3.16. The second-order valence-corrected chi connectivity index (χ2v) is 10.7. The van der Waals surface area contributed by atoms with Crippen LogP contribution in [0.2, 0.25) is 0 Å². The van der Waals surface area contributed by atoms with Crippen molar-refractivity contribution in [1.82, 2.24) is 0 Å². The van der Waals surface area contributed by atoms with Gasteiger partial charge in [0, 0.05) is 11.8 Å². The summed E-state index contributed by atoms with van der Waals surface area (Å²) in [6, 6.07) is 9.91. The molecule has 160 valence electrons. The van der Waals surface area contributed by atoms with Gasteiger partial charge in [-0.15, -0.1) is 0 Å². The highest BCUT2D eigenvalue weighted by atomic mass is 16.5. The van der Waals surface area contributed by atoms with E-state index in [2.05, 4.69) is 13.8 Å². The molecule has 0 aromatic heterocycles. The molecule has 3 nitrogen and oxygen atoms in total. The van der Waals surface area contributed by atoms with Crippen LogP contribution in [0.1, 0.15) is 70.8 Å². The van der Waals surface area contributed by atoms with Crippen molar-refractivity contribution in [1.29, 1.82) is 0 Å². The van der Waals surface area contributed by atoms with Crippen LogP contribution >= 0.6 is 0 Å². The lowest BCUT2D eigenvalue weighted by Gasteiger charge is -2.57. The fourth-order valence-electron chi connectivity index (χ4n) is 7.67. The van der Waals surface area contributed by atoms with Gasteiger partial charge in [0.15, 0.2) is 5.78 Å². The molecule has 0 spiro atoms. The Bertz CT molecular complexity index is 871. The van der Waals surface area contributed by atoms with Gasteiger partial charge in [0.25, 0.3) is 0 Å². The Morgan fingerprint density at radius 2 is 1.80 bits per heavy atom. The largest absolute Gasteiger partial charge is 0.462 e. The maximum atomic E-state index is 12.7. The van der Waals surface area contributed by atoms with Gasteiger partial charge in [-0.25, -0.2) is 0 Å². The third-order valence-corrected chi connectivity index (χ3v) is 9.34. The van der Waals surface area contributed by atoms with Crippen molar-refractivity contribution in [2.75, 3.05) is 0 Å². The molecule has 3 fully saturated rings. The van der Waals surface area contributed by atoms with E-state index in [1.54, 1.807) is 0 Å². The fraction of sp³-hybridized carbons (Fsp3) is 0.630. The van der Waals surface area contributed by atoms with Crippen LogP contribution in [0.15, 0.2) is 42.0 Å². The molecular formula is C27H34O3. The summed E-state index contributed by atoms with van der Waals surface area (Å²) >= 11 is 0. The van der Waals surface area contributed by atoms with E-state index in [1.807, 2.05) is 36.4 Å². The normalized spacial score (nSPS) is 40.1. The summed E-state index contributed by atoms with van der Waals surface area (Å²) in [5.74, 6) is 2.27. The van der Waals surface area contributed by atoms with Crippen molar-refractivity contribution >= 4 is 11.8 Å². The average molecular weight is 407 g/mol. The molecule has 3 heteroatoms. The zero-order chi connectivity index (χ0) is 20.9. The first kappa shape index (κ1) is 20.0. The standard InChI is InChI=1S/C27H34O3/c1-26-14-12-20(28)17-19(26)8-9-21-22-10-11-24(27(22,2)15-13-23(21)26)30-25(29)16-18-6-4-3-5-7-18/h3-7,17,21-24H,8-16H2,1-2H3/t21-,22-,23-,24-,26-,27-/m0/s1. The number of ketones is 1. The van der Waals surface area contributed by atoms with E-state index in [-0.39, 0.29) is 22.9 Å². The molecule has 0 bridgehead atoms. The van der Waals surface area contributed by atoms with E-state index in [4.69, 9.17) is 4.74 Å². The summed E-state index contributed by atoms with van der Waals surface area (Å²) in [5, 5.41) is 0. The van der Waals surface area contributed by atoms with Gasteiger partial charge in [-0.3, -0.25) is 9.59 Å². The van der Waals surface area contributed by atoms with E-state index in [0.717, 1.165) is 31.2 Å². The van der Waals surface area contributed by atoms with Crippen LogP contribution in [0.4, 0.5) is 0 Å². The molecule has 3 saturated carbocycles. The van der Waals surface area contributed by atoms with Gasteiger partial charge >= 0.3 is 5.97 Å². The summed E-state index contributed by atoms with van der Waals surface area (Å²) < 4.78 is 6.12. The molecule has 1 aromatic rings. The number of benzene rings is 1. The summed E-state index contributed by atoms with van der Waals surface area (Å²) in [7, 11) is 0. The van der Waals surface area contributed by atoms with Crippen LogP contribution in [-0.4, -0.2) is 17.9 Å². The molecule has 6 atom stereocenters. The van der Waals surface area contributed by atoms with Crippen LogP contribution < -0.4 is 0 Å². The van der Waals surface area contributed by atoms with Crippen LogP contribution in [0.3, 0.4) is 0 Å². The number of carbonyl (C=O) groups excluding carboxylic acids is 2. The van der Waals surface area contributed by atoms with Crippen molar-refractivity contribution in [2.45, 2.75) is 77.7 Å². The maximum Gasteiger partial charge on any atom is 0.310 e. The molecule has 0 amide bonds. The van der Waals surface area contributed by atoms with Crippen LogP contribution in [0.25, 0.3) is 0 Å². The first-order chi connectivity index (χ1) is 14.4. The molecule has 4 aliphatic rings. The number of hydrogen-bond acceptors (Lipinski definition) is 3. The Balaban J connectivity index is 1.31. The van der Waals surface area contributed by atoms with Crippen LogP contribution in [0.5, 0.6) is 0 Å². The van der Waals surface area contributed by atoms with Crippen molar-refractivity contribution in [3.05, 3.63) is 47.5 Å². The van der Waals surface area contributed by atoms with Crippen molar-refractivity contribution in [3.8, 4) is 0 Å². The van der Waals surface area contributed by atoms with Gasteiger partial charge in [-0.2, -0.15) is 0 Å². The van der Waals surface area contributed by atoms with E-state index in [0.29, 0.717) is 36.4 Å². The van der Waals surface area contributed by atoms with Gasteiger partial charge < -0.3 is 4.74 Å². The molecular weight excluding hydrogens is 372 g/mol. The molecule has 0 radical (unpaired) electrons. The third-order valence-electron chi connectivity index (χ3n) is 9.34. The minimum absolute atomic E-state index is 0.0531. The molecule has 5 rings (SSSR count). The minimum atomic E-state index is -0.0817. The highest BCUT2D eigenvalue weighted by molar-refractivity contribution is 5.91. The minimum Gasteiger partial charge on any atom is -0.462 e. The van der Waals surface area contributed by atoms with E-state index in [9.17, 15) is 9.59 Å². The topological polar surface area (TPSA) is 43.4 Å². The van der Waals surface area contributed by atoms with Gasteiger partial charge in [0.1, 0.15) is 6.10 Å². The Kier molecular flexibility index (Phi) is 4.91. The zero-order valence-corrected chi connectivity index (χ0v) is 18.4. The van der Waals surface area contributed by atoms with Crippen LogP contribution in [0, 0.1) is 28.6 Å². The number of allylic oxidation sites excluding steroid dienone is 1. The maximum absolute atomic E-state index is 12.7. The smallest absolute Gasteiger partial charge is 0.310 e. The predicted octanol–water partition coefficient (Wildman–Crippen LogP) is 5.67. The average Bonchev–Trinajstić information content (AvgIpc) is 3.05. The van der Waals surface area contributed by atoms with Gasteiger partial charge in [-0.05, 0) is 79.8 Å². The summed E-state index contributed by atoms with van der Waals surface area (Å²) in [5.41, 5.74) is 2.76. The van der Waals surface area contributed by atoms with E-state index in [1.165, 1.54) is 24.8 Å². The molecule has 4 aliphatic carbocycles. The van der Waals surface area contributed by atoms with Gasteiger partial charge in [-0.1, -0.05) is 49.8 Å². The summed E-state index contributed by atoms with van der Waals surface area (Å²) in [6.07, 6.45) is 10.9. The highest BCUT2D eigenvalue weighted by Gasteiger charge is 2.59. The Hall–Kier alpha value is -1.90. The summed E-state index contributed by atoms with van der Waals surface area (Å²) in [6.45, 7) is 4.82. The molecule has 30 heavy (non-hydrogen) atoms. The molecule has 0 heterocycles. The number of esters is 1. The zero-order valence-electron chi connectivity index (χ0n) is 18.4. The van der Waals surface area contributed by atoms with Gasteiger partial charge in [0.05, 0.1) is 6.42 Å². The number of hydrogen-bond donors (Lipinski definition) is 0. The molecule has 0 unspecified atom stereocenters. The lowest BCUT2D eigenvalue weighted by atomic mass is 9.47. The molecule has 1 aromatic carbocycles. The highest BCUT2D eigenvalue weighted by Crippen LogP contribution is 2.65. The van der Waals surface area contributed by atoms with Crippen molar-refractivity contribution < 1.29 is 14.3 Å². The molecule has 0 N–H and O–H groups in total. The predicted molar refractivity (Wildman–Crippen MR) is 117 cm³/mol.